The predicted octanol–water partition coefficient (Wildman–Crippen LogP) is 4.85. The Morgan fingerprint density at radius 1 is 0.960 bits per heavy atom. The molecular weight excluding hydrogens is 383 g/mol. The minimum atomic E-state index is -0.255. The molecule has 0 amide bonds. The number of aromatic nitrogens is 1. The molecule has 0 spiro atoms. The Bertz CT molecular complexity index is 827. The quantitative estimate of drug-likeness (QED) is 0.615. The molecule has 0 saturated heterocycles. The number of rotatable bonds is 7. The van der Waals surface area contributed by atoms with Crippen molar-refractivity contribution in [1.29, 1.82) is 0 Å². The Morgan fingerprint density at radius 3 is 2.60 bits per heavy atom. The summed E-state index contributed by atoms with van der Waals surface area (Å²) < 4.78 is 20.6. The van der Waals surface area contributed by atoms with Gasteiger partial charge < -0.3 is 10.1 Å². The average Bonchev–Trinajstić information content (AvgIpc) is 2.63. The molecule has 2 aromatic carbocycles. The number of nitrogens with zero attached hydrogens (tertiary/aromatic N) is 1. The fourth-order valence-corrected chi connectivity index (χ4v) is 2.83. The molecule has 0 saturated carbocycles. The van der Waals surface area contributed by atoms with Crippen molar-refractivity contribution in [2.75, 3.05) is 0 Å². The maximum absolute atomic E-state index is 13.7. The van der Waals surface area contributed by atoms with E-state index in [1.807, 2.05) is 36.4 Å². The van der Waals surface area contributed by atoms with Gasteiger partial charge in [-0.2, -0.15) is 0 Å². The highest BCUT2D eigenvalue weighted by molar-refractivity contribution is 9.10. The van der Waals surface area contributed by atoms with Gasteiger partial charge in [0.25, 0.3) is 0 Å². The van der Waals surface area contributed by atoms with E-state index < -0.39 is 0 Å². The molecule has 1 aromatic heterocycles. The monoisotopic (exact) mass is 400 g/mol. The van der Waals surface area contributed by atoms with Gasteiger partial charge >= 0.3 is 0 Å². The molecule has 128 valence electrons. The number of nitrogens with one attached hydrogen (secondary N) is 1. The van der Waals surface area contributed by atoms with Crippen molar-refractivity contribution in [3.8, 4) is 5.75 Å². The van der Waals surface area contributed by atoms with Crippen LogP contribution in [0.5, 0.6) is 5.75 Å². The third-order valence-corrected chi connectivity index (χ3v) is 4.20. The van der Waals surface area contributed by atoms with Gasteiger partial charge in [-0.1, -0.05) is 40.2 Å². The van der Waals surface area contributed by atoms with Crippen LogP contribution >= 0.6 is 15.9 Å². The van der Waals surface area contributed by atoms with E-state index in [0.29, 0.717) is 18.7 Å². The standard InChI is InChI=1S/C20H18BrFN2O/c21-17-8-9-20(25-14-15-5-1-2-7-19(15)22)16(11-17)12-23-13-18-6-3-4-10-24-18/h1-11,23H,12-14H2. The Hall–Kier alpha value is -2.24. The summed E-state index contributed by atoms with van der Waals surface area (Å²) in [6.45, 7) is 1.49. The first-order valence-corrected chi connectivity index (χ1v) is 8.77. The van der Waals surface area contributed by atoms with Gasteiger partial charge in [0.2, 0.25) is 0 Å². The summed E-state index contributed by atoms with van der Waals surface area (Å²) in [6.07, 6.45) is 1.78. The van der Waals surface area contributed by atoms with Crippen LogP contribution in [0.1, 0.15) is 16.8 Å². The van der Waals surface area contributed by atoms with E-state index in [2.05, 4.69) is 26.2 Å². The first kappa shape index (κ1) is 17.6. The fourth-order valence-electron chi connectivity index (χ4n) is 2.43. The highest BCUT2D eigenvalue weighted by Crippen LogP contribution is 2.24. The van der Waals surface area contributed by atoms with Gasteiger partial charge in [0.1, 0.15) is 18.2 Å². The SMILES string of the molecule is Fc1ccccc1COc1ccc(Br)cc1CNCc1ccccn1. The van der Waals surface area contributed by atoms with Crippen LogP contribution in [0.15, 0.2) is 71.3 Å². The second kappa shape index (κ2) is 8.74. The Kier molecular flexibility index (Phi) is 6.14. The average molecular weight is 401 g/mol. The van der Waals surface area contributed by atoms with Gasteiger partial charge in [0.15, 0.2) is 0 Å². The highest BCUT2D eigenvalue weighted by atomic mass is 79.9. The topological polar surface area (TPSA) is 34.1 Å². The Morgan fingerprint density at radius 2 is 1.80 bits per heavy atom. The summed E-state index contributed by atoms with van der Waals surface area (Å²) in [7, 11) is 0. The molecule has 0 bridgehead atoms. The van der Waals surface area contributed by atoms with E-state index in [0.717, 1.165) is 21.5 Å². The molecule has 0 aliphatic carbocycles. The van der Waals surface area contributed by atoms with Gasteiger partial charge in [-0.3, -0.25) is 4.98 Å². The molecule has 0 atom stereocenters. The smallest absolute Gasteiger partial charge is 0.129 e. The van der Waals surface area contributed by atoms with Crippen LogP contribution < -0.4 is 10.1 Å². The Labute approximate surface area is 155 Å². The van der Waals surface area contributed by atoms with E-state index in [4.69, 9.17) is 4.74 Å². The van der Waals surface area contributed by atoms with E-state index in [1.54, 1.807) is 24.4 Å². The van der Waals surface area contributed by atoms with Gasteiger partial charge in [-0.25, -0.2) is 4.39 Å². The first-order chi connectivity index (χ1) is 12.2. The van der Waals surface area contributed by atoms with Crippen LogP contribution in [0.4, 0.5) is 4.39 Å². The molecule has 0 aliphatic heterocycles. The lowest BCUT2D eigenvalue weighted by atomic mass is 10.2. The molecule has 1 N–H and O–H groups in total. The summed E-state index contributed by atoms with van der Waals surface area (Å²) in [5.74, 6) is 0.481. The van der Waals surface area contributed by atoms with Crippen LogP contribution in [-0.2, 0) is 19.7 Å². The maximum atomic E-state index is 13.7. The largest absolute Gasteiger partial charge is 0.488 e. The van der Waals surface area contributed by atoms with E-state index in [1.165, 1.54) is 6.07 Å². The summed E-state index contributed by atoms with van der Waals surface area (Å²) >= 11 is 3.49. The minimum Gasteiger partial charge on any atom is -0.488 e. The fraction of sp³-hybridized carbons (Fsp3) is 0.150. The number of halogens is 2. The molecule has 3 rings (SSSR count). The van der Waals surface area contributed by atoms with Crippen molar-refractivity contribution < 1.29 is 9.13 Å². The molecule has 25 heavy (non-hydrogen) atoms. The Balaban J connectivity index is 1.64. The van der Waals surface area contributed by atoms with Crippen molar-refractivity contribution in [2.24, 2.45) is 0 Å². The summed E-state index contributed by atoms with van der Waals surface area (Å²) in [4.78, 5) is 4.29. The first-order valence-electron chi connectivity index (χ1n) is 7.97. The minimum absolute atomic E-state index is 0.196. The van der Waals surface area contributed by atoms with Crippen LogP contribution in [0.2, 0.25) is 0 Å². The maximum Gasteiger partial charge on any atom is 0.129 e. The van der Waals surface area contributed by atoms with E-state index >= 15 is 0 Å². The lowest BCUT2D eigenvalue weighted by molar-refractivity contribution is 0.296. The number of hydrogen-bond donors (Lipinski definition) is 1. The second-order valence-electron chi connectivity index (χ2n) is 5.56. The molecular formula is C20H18BrFN2O. The summed E-state index contributed by atoms with van der Waals surface area (Å²) in [6, 6.07) is 18.3. The van der Waals surface area contributed by atoms with Crippen molar-refractivity contribution >= 4 is 15.9 Å². The van der Waals surface area contributed by atoms with Crippen LogP contribution in [0, 0.1) is 5.82 Å². The highest BCUT2D eigenvalue weighted by Gasteiger charge is 2.07. The molecule has 3 nitrogen and oxygen atoms in total. The molecule has 0 unspecified atom stereocenters. The van der Waals surface area contributed by atoms with Crippen molar-refractivity contribution in [2.45, 2.75) is 19.7 Å². The van der Waals surface area contributed by atoms with Gasteiger partial charge in [0, 0.05) is 34.9 Å². The normalized spacial score (nSPS) is 10.6. The number of ether oxygens (including phenoxy) is 1. The van der Waals surface area contributed by atoms with E-state index in [-0.39, 0.29) is 12.4 Å². The summed E-state index contributed by atoms with van der Waals surface area (Å²) in [5, 5.41) is 3.36. The lowest BCUT2D eigenvalue weighted by Gasteiger charge is -2.13. The van der Waals surface area contributed by atoms with Crippen molar-refractivity contribution in [3.63, 3.8) is 0 Å². The van der Waals surface area contributed by atoms with E-state index in [9.17, 15) is 4.39 Å². The molecule has 0 fully saturated rings. The predicted molar refractivity (Wildman–Crippen MR) is 99.7 cm³/mol. The molecule has 1 heterocycles. The number of benzene rings is 2. The lowest BCUT2D eigenvalue weighted by Crippen LogP contribution is -2.14. The van der Waals surface area contributed by atoms with Crippen LogP contribution in [-0.4, -0.2) is 4.98 Å². The van der Waals surface area contributed by atoms with Crippen molar-refractivity contribution in [3.05, 3.63) is 94.0 Å². The van der Waals surface area contributed by atoms with Gasteiger partial charge in [-0.15, -0.1) is 0 Å². The molecule has 3 aromatic rings. The third-order valence-electron chi connectivity index (χ3n) is 3.71. The second-order valence-corrected chi connectivity index (χ2v) is 6.47. The number of pyridine rings is 1. The molecule has 0 radical (unpaired) electrons. The van der Waals surface area contributed by atoms with Crippen molar-refractivity contribution in [1.82, 2.24) is 10.3 Å². The van der Waals surface area contributed by atoms with Crippen LogP contribution in [0.3, 0.4) is 0 Å². The number of hydrogen-bond acceptors (Lipinski definition) is 3. The zero-order chi connectivity index (χ0) is 17.5. The molecule has 0 aliphatic rings. The zero-order valence-electron chi connectivity index (χ0n) is 13.6. The summed E-state index contributed by atoms with van der Waals surface area (Å²) in [5.41, 5.74) is 2.52. The van der Waals surface area contributed by atoms with Crippen LogP contribution in [0.25, 0.3) is 0 Å². The molecule has 5 heteroatoms. The zero-order valence-corrected chi connectivity index (χ0v) is 15.2. The third kappa shape index (κ3) is 5.11. The van der Waals surface area contributed by atoms with Gasteiger partial charge in [0.05, 0.1) is 5.69 Å². The van der Waals surface area contributed by atoms with Gasteiger partial charge in [-0.05, 0) is 36.4 Å².